The van der Waals surface area contributed by atoms with Crippen LogP contribution in [0.1, 0.15) is 39.2 Å². The van der Waals surface area contributed by atoms with Crippen LogP contribution < -0.4 is 5.56 Å². The number of hydrogen-bond acceptors (Lipinski definition) is 6. The molecule has 3 aromatic heterocycles. The van der Waals surface area contributed by atoms with E-state index < -0.39 is 0 Å². The number of hydrogen-bond donors (Lipinski definition) is 0. The summed E-state index contributed by atoms with van der Waals surface area (Å²) in [6.07, 6.45) is 4.19. The van der Waals surface area contributed by atoms with E-state index in [1.165, 1.54) is 22.2 Å². The summed E-state index contributed by atoms with van der Waals surface area (Å²) in [6.45, 7) is 0.426. The van der Waals surface area contributed by atoms with Gasteiger partial charge >= 0.3 is 0 Å². The van der Waals surface area contributed by atoms with Crippen LogP contribution in [0.3, 0.4) is 0 Å². The summed E-state index contributed by atoms with van der Waals surface area (Å²) in [4.78, 5) is 28.7. The molecule has 6 nitrogen and oxygen atoms in total. The Kier molecular flexibility index (Phi) is 5.55. The first-order valence-electron chi connectivity index (χ1n) is 11.4. The number of ketones is 1. The third-order valence-corrected chi connectivity index (χ3v) is 8.49. The Hall–Kier alpha value is -3.23. The average Bonchev–Trinajstić information content (AvgIpc) is 3.48. The van der Waals surface area contributed by atoms with E-state index in [9.17, 15) is 9.59 Å². The second-order valence-corrected chi connectivity index (χ2v) is 10.5. The number of carbonyl (C=O) groups is 1. The minimum atomic E-state index is -0.00457. The normalized spacial score (nSPS) is 13.4. The molecule has 0 fully saturated rings. The molecule has 0 saturated heterocycles. The Bertz CT molecular complexity index is 1570. The summed E-state index contributed by atoms with van der Waals surface area (Å²) in [6, 6.07) is 19.2. The quantitative estimate of drug-likeness (QED) is 0.249. The predicted molar refractivity (Wildman–Crippen MR) is 136 cm³/mol. The van der Waals surface area contributed by atoms with Crippen LogP contribution in [0.4, 0.5) is 0 Å². The van der Waals surface area contributed by atoms with Gasteiger partial charge in [-0.05, 0) is 36.8 Å². The number of nitrogens with zero attached hydrogens (tertiary/aromatic N) is 4. The summed E-state index contributed by atoms with van der Waals surface area (Å²) in [5.74, 6) is 0.825. The maximum Gasteiger partial charge on any atom is 0.264 e. The lowest BCUT2D eigenvalue weighted by Gasteiger charge is -2.12. The molecule has 1 aliphatic rings. The van der Waals surface area contributed by atoms with E-state index >= 15 is 0 Å². The van der Waals surface area contributed by atoms with Crippen molar-refractivity contribution in [3.63, 3.8) is 0 Å². The first kappa shape index (κ1) is 21.3. The van der Waals surface area contributed by atoms with Gasteiger partial charge in [0.1, 0.15) is 4.83 Å². The molecule has 0 aliphatic heterocycles. The first-order chi connectivity index (χ1) is 16.7. The molecular formula is C26H22N4O2S2. The third-order valence-electron chi connectivity index (χ3n) is 6.28. The van der Waals surface area contributed by atoms with Crippen molar-refractivity contribution in [1.82, 2.24) is 19.2 Å². The number of thiophene rings is 1. The highest BCUT2D eigenvalue weighted by Crippen LogP contribution is 2.36. The molecule has 0 radical (unpaired) electrons. The van der Waals surface area contributed by atoms with Gasteiger partial charge in [-0.1, -0.05) is 72.4 Å². The van der Waals surface area contributed by atoms with Gasteiger partial charge in [0.15, 0.2) is 10.9 Å². The molecule has 8 heteroatoms. The molecule has 170 valence electrons. The van der Waals surface area contributed by atoms with Gasteiger partial charge in [0, 0.05) is 10.4 Å². The zero-order chi connectivity index (χ0) is 23.1. The molecule has 0 unspecified atom stereocenters. The smallest absolute Gasteiger partial charge is 0.264 e. The second-order valence-electron chi connectivity index (χ2n) is 8.46. The summed E-state index contributed by atoms with van der Waals surface area (Å²) < 4.78 is 3.72. The van der Waals surface area contributed by atoms with Gasteiger partial charge in [0.2, 0.25) is 5.78 Å². The molecule has 34 heavy (non-hydrogen) atoms. The van der Waals surface area contributed by atoms with Gasteiger partial charge in [-0.2, -0.15) is 0 Å². The molecule has 5 aromatic rings. The van der Waals surface area contributed by atoms with E-state index in [0.717, 1.165) is 41.5 Å². The Morgan fingerprint density at radius 2 is 1.71 bits per heavy atom. The van der Waals surface area contributed by atoms with Gasteiger partial charge in [-0.15, -0.1) is 21.5 Å². The maximum atomic E-state index is 13.8. The zero-order valence-corrected chi connectivity index (χ0v) is 20.1. The van der Waals surface area contributed by atoms with Gasteiger partial charge < -0.3 is 0 Å². The number of benzene rings is 2. The topological polar surface area (TPSA) is 69.3 Å². The van der Waals surface area contributed by atoms with Crippen LogP contribution in [0.5, 0.6) is 0 Å². The van der Waals surface area contributed by atoms with Gasteiger partial charge in [-0.3, -0.25) is 14.2 Å². The molecule has 0 amide bonds. The molecule has 0 atom stereocenters. The summed E-state index contributed by atoms with van der Waals surface area (Å²) in [5.41, 5.74) is 2.90. The fourth-order valence-electron chi connectivity index (χ4n) is 4.61. The van der Waals surface area contributed by atoms with Crippen molar-refractivity contribution in [2.24, 2.45) is 0 Å². The number of Topliss-reactive ketones (excluding diaryl/α,β-unsaturated/α-hetero) is 1. The lowest BCUT2D eigenvalue weighted by molar-refractivity contribution is 0.102. The van der Waals surface area contributed by atoms with Crippen LogP contribution in [0, 0.1) is 0 Å². The van der Waals surface area contributed by atoms with E-state index in [4.69, 9.17) is 0 Å². The maximum absolute atomic E-state index is 13.8. The molecule has 3 heterocycles. The van der Waals surface area contributed by atoms with Crippen molar-refractivity contribution in [2.45, 2.75) is 37.4 Å². The molecule has 6 rings (SSSR count). The summed E-state index contributed by atoms with van der Waals surface area (Å²) >= 11 is 3.05. The van der Waals surface area contributed by atoms with Crippen molar-refractivity contribution in [2.75, 3.05) is 5.75 Å². The monoisotopic (exact) mass is 486 g/mol. The lowest BCUT2D eigenvalue weighted by atomic mass is 9.97. The first-order valence-corrected chi connectivity index (χ1v) is 13.2. The summed E-state index contributed by atoms with van der Waals surface area (Å²) in [5, 5.41) is 10.3. The standard InChI is InChI=1S/C26H22N4O2S2/c31-20(18-11-5-2-6-12-18)16-33-26-28-27-25-29(15-17-9-3-1-4-10-17)23(32)22-19-13-7-8-14-21(19)34-24(22)30(25)26/h1-6,9-12H,7-8,13-16H2. The van der Waals surface area contributed by atoms with Gasteiger partial charge in [0.05, 0.1) is 17.7 Å². The Morgan fingerprint density at radius 1 is 0.971 bits per heavy atom. The number of rotatable bonds is 6. The number of carbonyl (C=O) groups excluding carboxylic acids is 1. The number of fused-ring (bicyclic) bond motifs is 5. The van der Waals surface area contributed by atoms with E-state index in [2.05, 4.69) is 10.2 Å². The van der Waals surface area contributed by atoms with Crippen molar-refractivity contribution in [3.8, 4) is 0 Å². The van der Waals surface area contributed by atoms with Crippen LogP contribution in [-0.2, 0) is 19.4 Å². The SMILES string of the molecule is O=C(CSc1nnc2n(Cc3ccccc3)c(=O)c3c4c(sc3n12)CCCC4)c1ccccc1. The molecule has 0 spiro atoms. The minimum absolute atomic E-state index is 0.00457. The van der Waals surface area contributed by atoms with Gasteiger partial charge in [-0.25, -0.2) is 4.40 Å². The highest BCUT2D eigenvalue weighted by molar-refractivity contribution is 7.99. The van der Waals surface area contributed by atoms with Crippen molar-refractivity contribution in [1.29, 1.82) is 0 Å². The van der Waals surface area contributed by atoms with Gasteiger partial charge in [0.25, 0.3) is 5.56 Å². The Labute approximate surface area is 204 Å². The van der Waals surface area contributed by atoms with Crippen molar-refractivity contribution < 1.29 is 4.79 Å². The highest BCUT2D eigenvalue weighted by atomic mass is 32.2. The van der Waals surface area contributed by atoms with Crippen LogP contribution >= 0.6 is 23.1 Å². The number of thioether (sulfide) groups is 1. The van der Waals surface area contributed by atoms with E-state index in [1.54, 1.807) is 15.9 Å². The molecule has 0 bridgehead atoms. The molecule has 0 N–H and O–H groups in total. The zero-order valence-electron chi connectivity index (χ0n) is 18.4. The average molecular weight is 487 g/mol. The van der Waals surface area contributed by atoms with Crippen LogP contribution in [0.2, 0.25) is 0 Å². The summed E-state index contributed by atoms with van der Waals surface area (Å²) in [7, 11) is 0. The van der Waals surface area contributed by atoms with Crippen LogP contribution in [0.15, 0.2) is 70.6 Å². The molecule has 2 aromatic carbocycles. The van der Waals surface area contributed by atoms with Crippen molar-refractivity contribution in [3.05, 3.63) is 92.6 Å². The fraction of sp³-hybridized carbons (Fsp3) is 0.231. The number of aromatic nitrogens is 4. The third kappa shape index (κ3) is 3.67. The van der Waals surface area contributed by atoms with E-state index in [1.807, 2.05) is 65.1 Å². The fourth-order valence-corrected chi connectivity index (χ4v) is 6.87. The Morgan fingerprint density at radius 3 is 2.50 bits per heavy atom. The van der Waals surface area contributed by atoms with Crippen LogP contribution in [-0.4, -0.2) is 30.7 Å². The molecule has 1 aliphatic carbocycles. The van der Waals surface area contributed by atoms with Crippen LogP contribution in [0.25, 0.3) is 16.0 Å². The van der Waals surface area contributed by atoms with E-state index in [-0.39, 0.29) is 17.1 Å². The van der Waals surface area contributed by atoms with Crippen molar-refractivity contribution >= 4 is 44.9 Å². The largest absolute Gasteiger partial charge is 0.293 e. The Balaban J connectivity index is 1.49. The minimum Gasteiger partial charge on any atom is -0.293 e. The number of aryl methyl sites for hydroxylation is 2. The van der Waals surface area contributed by atoms with E-state index in [0.29, 0.717) is 23.0 Å². The predicted octanol–water partition coefficient (Wildman–Crippen LogP) is 5.01. The lowest BCUT2D eigenvalue weighted by Crippen LogP contribution is -2.24. The second kappa shape index (κ2) is 8.85. The highest BCUT2D eigenvalue weighted by Gasteiger charge is 2.25. The molecular weight excluding hydrogens is 464 g/mol. The molecule has 0 saturated carbocycles.